The van der Waals surface area contributed by atoms with Crippen LogP contribution in [0.5, 0.6) is 0 Å². The van der Waals surface area contributed by atoms with E-state index in [4.69, 9.17) is 5.11 Å². The van der Waals surface area contributed by atoms with Gasteiger partial charge in [0.05, 0.1) is 18.1 Å². The molecule has 6 nitrogen and oxygen atoms in total. The van der Waals surface area contributed by atoms with Crippen molar-refractivity contribution in [2.45, 2.75) is 6.92 Å². The Labute approximate surface area is 119 Å². The number of sulfone groups is 1. The van der Waals surface area contributed by atoms with Crippen LogP contribution in [0.15, 0.2) is 24.3 Å². The van der Waals surface area contributed by atoms with E-state index in [0.29, 0.717) is 5.56 Å². The van der Waals surface area contributed by atoms with E-state index in [9.17, 15) is 13.2 Å². The average molecular weight is 300 g/mol. The summed E-state index contributed by atoms with van der Waals surface area (Å²) in [5.41, 5.74) is 1.40. The third kappa shape index (κ3) is 5.58. The third-order valence-electron chi connectivity index (χ3n) is 2.63. The predicted molar refractivity (Wildman–Crippen MR) is 78.7 cm³/mol. The van der Waals surface area contributed by atoms with Crippen LogP contribution in [0.2, 0.25) is 0 Å². The molecular formula is C13H20N2O4S. The van der Waals surface area contributed by atoms with Gasteiger partial charge in [-0.15, -0.1) is 0 Å². The van der Waals surface area contributed by atoms with Crippen molar-refractivity contribution in [3.63, 3.8) is 0 Å². The normalized spacial score (nSPS) is 11.1. The zero-order chi connectivity index (χ0) is 15.0. The van der Waals surface area contributed by atoms with Crippen LogP contribution in [0.25, 0.3) is 0 Å². The fraction of sp³-hybridized carbons (Fsp3) is 0.462. The van der Waals surface area contributed by atoms with Crippen LogP contribution in [0, 0.1) is 0 Å². The maximum absolute atomic E-state index is 11.8. The summed E-state index contributed by atoms with van der Waals surface area (Å²) in [4.78, 5) is 11.8. The number of carbonyl (C=O) groups excluding carboxylic acids is 1. The molecule has 20 heavy (non-hydrogen) atoms. The predicted octanol–water partition coefficient (Wildman–Crippen LogP) is 0.255. The molecule has 112 valence electrons. The lowest BCUT2D eigenvalue weighted by molar-refractivity contribution is 0.0956. The average Bonchev–Trinajstić information content (AvgIpc) is 2.39. The highest BCUT2D eigenvalue weighted by Crippen LogP contribution is 2.08. The number of carbonyl (C=O) groups is 1. The van der Waals surface area contributed by atoms with Gasteiger partial charge in [-0.3, -0.25) is 4.79 Å². The molecule has 0 bridgehead atoms. The second-order valence-corrected chi connectivity index (χ2v) is 6.54. The monoisotopic (exact) mass is 300 g/mol. The van der Waals surface area contributed by atoms with Crippen LogP contribution in [0.4, 0.5) is 5.69 Å². The molecule has 1 aromatic carbocycles. The summed E-state index contributed by atoms with van der Waals surface area (Å²) in [6.45, 7) is 2.42. The lowest BCUT2D eigenvalue weighted by Gasteiger charge is -2.07. The van der Waals surface area contributed by atoms with Gasteiger partial charge < -0.3 is 15.7 Å². The van der Waals surface area contributed by atoms with Crippen molar-refractivity contribution in [3.8, 4) is 0 Å². The fourth-order valence-electron chi connectivity index (χ4n) is 1.61. The van der Waals surface area contributed by atoms with E-state index < -0.39 is 16.4 Å². The minimum atomic E-state index is -3.30. The van der Waals surface area contributed by atoms with Crippen LogP contribution in [-0.2, 0) is 9.84 Å². The lowest BCUT2D eigenvalue weighted by atomic mass is 10.2. The molecule has 0 aliphatic rings. The Bertz CT molecular complexity index is 526. The number of benzene rings is 1. The van der Waals surface area contributed by atoms with E-state index in [1.54, 1.807) is 24.3 Å². The van der Waals surface area contributed by atoms with E-state index >= 15 is 0 Å². The molecule has 7 heteroatoms. The van der Waals surface area contributed by atoms with Crippen molar-refractivity contribution in [1.82, 2.24) is 5.32 Å². The second-order valence-electron chi connectivity index (χ2n) is 4.24. The molecule has 0 atom stereocenters. The molecular weight excluding hydrogens is 280 g/mol. The summed E-state index contributed by atoms with van der Waals surface area (Å²) in [5.74, 6) is -0.762. The van der Waals surface area contributed by atoms with Gasteiger partial charge in [-0.2, -0.15) is 0 Å². The molecule has 0 saturated carbocycles. The Morgan fingerprint density at radius 2 is 1.85 bits per heavy atom. The lowest BCUT2D eigenvalue weighted by Crippen LogP contribution is -2.30. The Morgan fingerprint density at radius 3 is 2.40 bits per heavy atom. The molecule has 1 aromatic rings. The number of rotatable bonds is 8. The first-order valence-electron chi connectivity index (χ1n) is 6.42. The van der Waals surface area contributed by atoms with Crippen molar-refractivity contribution in [2.24, 2.45) is 0 Å². The van der Waals surface area contributed by atoms with Gasteiger partial charge in [0.15, 0.2) is 9.84 Å². The molecule has 1 rings (SSSR count). The first-order chi connectivity index (χ1) is 9.48. The number of nitrogens with one attached hydrogen (secondary N) is 2. The molecule has 0 heterocycles. The standard InChI is InChI=1S/C13H20N2O4S/c1-2-14-12-5-3-11(4-6-12)13(17)15-7-9-20(18,19)10-8-16/h3-6,14,16H,2,7-10H2,1H3,(H,15,17). The van der Waals surface area contributed by atoms with Crippen LogP contribution in [0.3, 0.4) is 0 Å². The van der Waals surface area contributed by atoms with Crippen LogP contribution < -0.4 is 10.6 Å². The van der Waals surface area contributed by atoms with E-state index in [0.717, 1.165) is 12.2 Å². The molecule has 0 radical (unpaired) electrons. The Balaban J connectivity index is 2.47. The first kappa shape index (κ1) is 16.5. The maximum Gasteiger partial charge on any atom is 0.251 e. The molecule has 0 spiro atoms. The fourth-order valence-corrected chi connectivity index (χ4v) is 2.50. The van der Waals surface area contributed by atoms with Crippen molar-refractivity contribution < 1.29 is 18.3 Å². The first-order valence-corrected chi connectivity index (χ1v) is 8.24. The van der Waals surface area contributed by atoms with E-state index in [1.807, 2.05) is 6.92 Å². The molecule has 0 aliphatic heterocycles. The third-order valence-corrected chi connectivity index (χ3v) is 4.26. The zero-order valence-electron chi connectivity index (χ0n) is 11.4. The molecule has 1 amide bonds. The van der Waals surface area contributed by atoms with Gasteiger partial charge in [-0.1, -0.05) is 0 Å². The largest absolute Gasteiger partial charge is 0.395 e. The van der Waals surface area contributed by atoms with Gasteiger partial charge in [-0.05, 0) is 31.2 Å². The molecule has 3 N–H and O–H groups in total. The summed E-state index contributed by atoms with van der Waals surface area (Å²) < 4.78 is 22.7. The van der Waals surface area contributed by atoms with Crippen LogP contribution in [-0.4, -0.2) is 50.6 Å². The van der Waals surface area contributed by atoms with Gasteiger partial charge in [0.2, 0.25) is 0 Å². The van der Waals surface area contributed by atoms with Crippen molar-refractivity contribution in [1.29, 1.82) is 0 Å². The van der Waals surface area contributed by atoms with E-state index in [-0.39, 0.29) is 24.0 Å². The summed E-state index contributed by atoms with van der Waals surface area (Å²) in [6.07, 6.45) is 0. The minimum Gasteiger partial charge on any atom is -0.395 e. The Morgan fingerprint density at radius 1 is 1.20 bits per heavy atom. The van der Waals surface area contributed by atoms with Crippen LogP contribution in [0.1, 0.15) is 17.3 Å². The number of amides is 1. The highest BCUT2D eigenvalue weighted by atomic mass is 32.2. The zero-order valence-corrected chi connectivity index (χ0v) is 12.2. The number of aliphatic hydroxyl groups is 1. The van der Waals surface area contributed by atoms with Crippen molar-refractivity contribution >= 4 is 21.4 Å². The number of hydrogen-bond acceptors (Lipinski definition) is 5. The summed E-state index contributed by atoms with van der Waals surface area (Å²) in [7, 11) is -3.30. The SMILES string of the molecule is CCNc1ccc(C(=O)NCCS(=O)(=O)CCO)cc1. The molecule has 0 unspecified atom stereocenters. The van der Waals surface area contributed by atoms with Gasteiger partial charge in [0.1, 0.15) is 0 Å². The smallest absolute Gasteiger partial charge is 0.251 e. The second kappa shape index (κ2) is 7.86. The van der Waals surface area contributed by atoms with Gasteiger partial charge >= 0.3 is 0 Å². The minimum absolute atomic E-state index is 0.0378. The van der Waals surface area contributed by atoms with Gasteiger partial charge in [0, 0.05) is 24.3 Å². The number of hydrogen-bond donors (Lipinski definition) is 3. The van der Waals surface area contributed by atoms with Gasteiger partial charge in [-0.25, -0.2) is 8.42 Å². The van der Waals surface area contributed by atoms with Crippen LogP contribution >= 0.6 is 0 Å². The summed E-state index contributed by atoms with van der Waals surface area (Å²) in [5, 5.41) is 14.2. The molecule has 0 aliphatic carbocycles. The van der Waals surface area contributed by atoms with Crippen molar-refractivity contribution in [2.75, 3.05) is 36.5 Å². The van der Waals surface area contributed by atoms with E-state index in [1.165, 1.54) is 0 Å². The number of aliphatic hydroxyl groups excluding tert-OH is 1. The molecule has 0 aromatic heterocycles. The molecule has 0 saturated heterocycles. The summed E-state index contributed by atoms with van der Waals surface area (Å²) >= 11 is 0. The topological polar surface area (TPSA) is 95.5 Å². The Kier molecular flexibility index (Phi) is 6.47. The summed E-state index contributed by atoms with van der Waals surface area (Å²) in [6, 6.07) is 6.94. The number of anilines is 1. The van der Waals surface area contributed by atoms with Gasteiger partial charge in [0.25, 0.3) is 5.91 Å². The molecule has 0 fully saturated rings. The maximum atomic E-state index is 11.8. The Hall–Kier alpha value is -1.60. The highest BCUT2D eigenvalue weighted by molar-refractivity contribution is 7.91. The van der Waals surface area contributed by atoms with E-state index in [2.05, 4.69) is 10.6 Å². The van der Waals surface area contributed by atoms with Crippen molar-refractivity contribution in [3.05, 3.63) is 29.8 Å². The quantitative estimate of drug-likeness (QED) is 0.640. The highest BCUT2D eigenvalue weighted by Gasteiger charge is 2.11.